The molecule has 134 valence electrons. The fourth-order valence-corrected chi connectivity index (χ4v) is 3.33. The van der Waals surface area contributed by atoms with Crippen LogP contribution in [0.4, 0.5) is 5.82 Å². The summed E-state index contributed by atoms with van der Waals surface area (Å²) in [6.07, 6.45) is 6.64. The number of nitrogens with one attached hydrogen (secondary N) is 1. The second-order valence-corrected chi connectivity index (χ2v) is 6.45. The number of aryl methyl sites for hydroxylation is 2. The van der Waals surface area contributed by atoms with Gasteiger partial charge in [0.1, 0.15) is 23.7 Å². The number of piperidine rings is 1. The number of carbonyl (C=O) groups excluding carboxylic acids is 1. The minimum atomic E-state index is -0.176. The standard InChI is InChI=1S/C17H20N8O/c1-11-21-15-13(8-20-24(15)2)16(22-11)25-7-3-4-12(9-25)23-17(26)14-5-6-18-10-19-14/h5-6,8,10,12H,3-4,7,9H2,1-2H3,(H,23,26). The molecule has 1 N–H and O–H groups in total. The zero-order chi connectivity index (χ0) is 18.1. The Hall–Kier alpha value is -3.10. The maximum absolute atomic E-state index is 12.4. The van der Waals surface area contributed by atoms with Gasteiger partial charge in [0, 0.05) is 32.4 Å². The highest BCUT2D eigenvalue weighted by Crippen LogP contribution is 2.26. The summed E-state index contributed by atoms with van der Waals surface area (Å²) >= 11 is 0. The van der Waals surface area contributed by atoms with E-state index in [-0.39, 0.29) is 11.9 Å². The molecule has 3 aromatic heterocycles. The highest BCUT2D eigenvalue weighted by molar-refractivity contribution is 5.92. The summed E-state index contributed by atoms with van der Waals surface area (Å²) in [5.74, 6) is 1.41. The molecule has 1 aliphatic rings. The third-order valence-electron chi connectivity index (χ3n) is 4.55. The lowest BCUT2D eigenvalue weighted by Gasteiger charge is -2.34. The Morgan fingerprint density at radius 2 is 2.23 bits per heavy atom. The van der Waals surface area contributed by atoms with Crippen LogP contribution in [-0.4, -0.2) is 54.8 Å². The normalized spacial score (nSPS) is 17.5. The first-order valence-corrected chi connectivity index (χ1v) is 8.60. The largest absolute Gasteiger partial charge is 0.354 e. The molecule has 1 fully saturated rings. The molecular weight excluding hydrogens is 332 g/mol. The highest BCUT2D eigenvalue weighted by atomic mass is 16.1. The van der Waals surface area contributed by atoms with E-state index in [2.05, 4.69) is 35.3 Å². The molecule has 4 rings (SSSR count). The first-order valence-electron chi connectivity index (χ1n) is 8.60. The Kier molecular flexibility index (Phi) is 4.19. The summed E-state index contributed by atoms with van der Waals surface area (Å²) in [6.45, 7) is 3.46. The van der Waals surface area contributed by atoms with E-state index in [4.69, 9.17) is 0 Å². The van der Waals surface area contributed by atoms with Gasteiger partial charge in [-0.1, -0.05) is 0 Å². The maximum atomic E-state index is 12.4. The van der Waals surface area contributed by atoms with E-state index in [0.717, 1.165) is 36.2 Å². The molecule has 0 radical (unpaired) electrons. The summed E-state index contributed by atoms with van der Waals surface area (Å²) < 4.78 is 1.76. The number of nitrogens with zero attached hydrogens (tertiary/aromatic N) is 7. The van der Waals surface area contributed by atoms with Crippen molar-refractivity contribution in [3.05, 3.63) is 36.3 Å². The molecule has 3 aromatic rings. The van der Waals surface area contributed by atoms with Crippen molar-refractivity contribution >= 4 is 22.8 Å². The first kappa shape index (κ1) is 16.4. The van der Waals surface area contributed by atoms with E-state index >= 15 is 0 Å². The average Bonchev–Trinajstić information content (AvgIpc) is 3.03. The van der Waals surface area contributed by atoms with Crippen molar-refractivity contribution in [2.75, 3.05) is 18.0 Å². The minimum absolute atomic E-state index is 0.0354. The van der Waals surface area contributed by atoms with E-state index in [9.17, 15) is 4.79 Å². The van der Waals surface area contributed by atoms with E-state index < -0.39 is 0 Å². The maximum Gasteiger partial charge on any atom is 0.270 e. The van der Waals surface area contributed by atoms with Crippen molar-refractivity contribution in [3.8, 4) is 0 Å². The summed E-state index contributed by atoms with van der Waals surface area (Å²) in [4.78, 5) is 31.5. The van der Waals surface area contributed by atoms with E-state index in [1.807, 2.05) is 14.0 Å². The van der Waals surface area contributed by atoms with E-state index in [1.54, 1.807) is 23.1 Å². The summed E-state index contributed by atoms with van der Waals surface area (Å²) in [6, 6.07) is 1.65. The third-order valence-corrected chi connectivity index (χ3v) is 4.55. The van der Waals surface area contributed by atoms with Gasteiger partial charge in [0.15, 0.2) is 5.65 Å². The number of hydrogen-bond donors (Lipinski definition) is 1. The zero-order valence-electron chi connectivity index (χ0n) is 14.8. The molecule has 0 spiro atoms. The molecule has 1 unspecified atom stereocenters. The molecule has 0 aromatic carbocycles. The van der Waals surface area contributed by atoms with Gasteiger partial charge in [-0.05, 0) is 25.8 Å². The van der Waals surface area contributed by atoms with Crippen LogP contribution >= 0.6 is 0 Å². The van der Waals surface area contributed by atoms with E-state index in [0.29, 0.717) is 18.1 Å². The van der Waals surface area contributed by atoms with Crippen LogP contribution in [0.15, 0.2) is 24.8 Å². The predicted octanol–water partition coefficient (Wildman–Crippen LogP) is 0.861. The zero-order valence-corrected chi connectivity index (χ0v) is 14.8. The average molecular weight is 352 g/mol. The van der Waals surface area contributed by atoms with Crippen molar-refractivity contribution < 1.29 is 4.79 Å². The Morgan fingerprint density at radius 1 is 1.35 bits per heavy atom. The Morgan fingerprint density at radius 3 is 3.04 bits per heavy atom. The highest BCUT2D eigenvalue weighted by Gasteiger charge is 2.25. The second kappa shape index (κ2) is 6.66. The number of fused-ring (bicyclic) bond motifs is 1. The van der Waals surface area contributed by atoms with Gasteiger partial charge in [0.2, 0.25) is 0 Å². The minimum Gasteiger partial charge on any atom is -0.354 e. The summed E-state index contributed by atoms with van der Waals surface area (Å²) in [5.41, 5.74) is 1.20. The van der Waals surface area contributed by atoms with Gasteiger partial charge in [-0.2, -0.15) is 5.10 Å². The molecule has 1 saturated heterocycles. The Bertz CT molecular complexity index is 939. The Labute approximate surface area is 150 Å². The summed E-state index contributed by atoms with van der Waals surface area (Å²) in [7, 11) is 1.87. The van der Waals surface area contributed by atoms with Gasteiger partial charge >= 0.3 is 0 Å². The molecule has 0 bridgehead atoms. The second-order valence-electron chi connectivity index (χ2n) is 6.45. The van der Waals surface area contributed by atoms with Crippen molar-refractivity contribution in [2.45, 2.75) is 25.8 Å². The van der Waals surface area contributed by atoms with Crippen molar-refractivity contribution in [1.82, 2.24) is 35.0 Å². The monoisotopic (exact) mass is 352 g/mol. The molecule has 1 aliphatic heterocycles. The number of rotatable bonds is 3. The van der Waals surface area contributed by atoms with Crippen LogP contribution in [0.3, 0.4) is 0 Å². The molecular formula is C17H20N8O. The predicted molar refractivity (Wildman–Crippen MR) is 95.8 cm³/mol. The number of aromatic nitrogens is 6. The lowest BCUT2D eigenvalue weighted by molar-refractivity contribution is 0.0928. The van der Waals surface area contributed by atoms with Crippen LogP contribution in [0, 0.1) is 6.92 Å². The third kappa shape index (κ3) is 3.07. The lowest BCUT2D eigenvalue weighted by atomic mass is 10.1. The summed E-state index contributed by atoms with van der Waals surface area (Å²) in [5, 5.41) is 8.30. The quantitative estimate of drug-likeness (QED) is 0.746. The van der Waals surface area contributed by atoms with Crippen LogP contribution in [0.5, 0.6) is 0 Å². The molecule has 4 heterocycles. The van der Waals surface area contributed by atoms with Crippen LogP contribution in [0.25, 0.3) is 11.0 Å². The SMILES string of the molecule is Cc1nc(N2CCCC(NC(=O)c3ccncn3)C2)c2cnn(C)c2n1. The van der Waals surface area contributed by atoms with E-state index in [1.165, 1.54) is 6.33 Å². The van der Waals surface area contributed by atoms with Crippen molar-refractivity contribution in [3.63, 3.8) is 0 Å². The first-order chi connectivity index (χ1) is 12.6. The number of hydrogen-bond acceptors (Lipinski definition) is 7. The van der Waals surface area contributed by atoms with Gasteiger partial charge in [0.05, 0.1) is 11.6 Å². The fraction of sp³-hybridized carbons (Fsp3) is 0.412. The van der Waals surface area contributed by atoms with Crippen molar-refractivity contribution in [2.24, 2.45) is 7.05 Å². The van der Waals surface area contributed by atoms with Crippen LogP contribution in [0.1, 0.15) is 29.2 Å². The fourth-order valence-electron chi connectivity index (χ4n) is 3.33. The van der Waals surface area contributed by atoms with Gasteiger partial charge in [0.25, 0.3) is 5.91 Å². The van der Waals surface area contributed by atoms with Crippen LogP contribution < -0.4 is 10.2 Å². The number of carbonyl (C=O) groups is 1. The molecule has 26 heavy (non-hydrogen) atoms. The molecule has 1 amide bonds. The van der Waals surface area contributed by atoms with Gasteiger partial charge in [-0.15, -0.1) is 0 Å². The van der Waals surface area contributed by atoms with Gasteiger partial charge < -0.3 is 10.2 Å². The number of anilines is 1. The molecule has 1 atom stereocenters. The molecule has 0 aliphatic carbocycles. The van der Waals surface area contributed by atoms with Crippen LogP contribution in [0.2, 0.25) is 0 Å². The number of amides is 1. The smallest absolute Gasteiger partial charge is 0.270 e. The van der Waals surface area contributed by atoms with Gasteiger partial charge in [-0.3, -0.25) is 9.48 Å². The molecule has 9 heteroatoms. The van der Waals surface area contributed by atoms with Gasteiger partial charge in [-0.25, -0.2) is 19.9 Å². The Balaban J connectivity index is 1.55. The topological polar surface area (TPSA) is 102 Å². The van der Waals surface area contributed by atoms with Crippen molar-refractivity contribution in [1.29, 1.82) is 0 Å². The molecule has 9 nitrogen and oxygen atoms in total. The lowest BCUT2D eigenvalue weighted by Crippen LogP contribution is -2.48. The van der Waals surface area contributed by atoms with Crippen LogP contribution in [-0.2, 0) is 7.05 Å². The molecule has 0 saturated carbocycles.